The minimum absolute atomic E-state index is 0.0425. The van der Waals surface area contributed by atoms with Crippen molar-refractivity contribution < 1.29 is 43.6 Å². The molecular weight excluding hydrogens is 737 g/mol. The normalized spacial score (nSPS) is 24.1. The summed E-state index contributed by atoms with van der Waals surface area (Å²) < 4.78 is 26.5. The number of nitrogens with zero attached hydrogens (tertiary/aromatic N) is 2. The van der Waals surface area contributed by atoms with Gasteiger partial charge in [0, 0.05) is 43.7 Å². The lowest BCUT2D eigenvalue weighted by molar-refractivity contribution is -0.253. The molecule has 1 saturated carbocycles. The topological polar surface area (TPSA) is 136 Å². The zero-order valence-electron chi connectivity index (χ0n) is 34.2. The molecule has 11 heteroatoms. The van der Waals surface area contributed by atoms with Crippen LogP contribution < -0.4 is 9.47 Å². The maximum atomic E-state index is 14.1. The largest absolute Gasteiger partial charge is 0.459 e. The average Bonchev–Trinajstić information content (AvgIpc) is 3.22. The smallest absolute Gasteiger partial charge is 0.410 e. The molecule has 58 heavy (non-hydrogen) atoms. The van der Waals surface area contributed by atoms with Crippen molar-refractivity contribution in [1.29, 1.82) is 0 Å². The number of likely N-dealkylation sites (N-methyl/N-ethyl adjacent to an activating group) is 1. The number of allylic oxidation sites excluding steroid dienone is 1. The first-order chi connectivity index (χ1) is 28.0. The molecule has 1 fully saturated rings. The van der Waals surface area contributed by atoms with Crippen LogP contribution in [0.15, 0.2) is 102 Å². The number of aliphatic hydroxyl groups is 2. The van der Waals surface area contributed by atoms with Gasteiger partial charge in [0.05, 0.1) is 18.2 Å². The summed E-state index contributed by atoms with van der Waals surface area (Å²) in [5.41, 5.74) is 3.32. The van der Waals surface area contributed by atoms with E-state index < -0.39 is 29.4 Å². The summed E-state index contributed by atoms with van der Waals surface area (Å²) in [6.07, 6.45) is 9.05. The highest BCUT2D eigenvalue weighted by molar-refractivity contribution is 6.03. The van der Waals surface area contributed by atoms with Gasteiger partial charge in [0.25, 0.3) is 0 Å². The number of carbonyl (C=O) groups excluding carboxylic acids is 2. The van der Waals surface area contributed by atoms with Crippen LogP contribution in [0.1, 0.15) is 93.1 Å². The number of oxime groups is 1. The van der Waals surface area contributed by atoms with Gasteiger partial charge in [-0.25, -0.2) is 4.79 Å². The van der Waals surface area contributed by atoms with Crippen LogP contribution in [0.25, 0.3) is 0 Å². The lowest BCUT2D eigenvalue weighted by atomic mass is 9.55. The summed E-state index contributed by atoms with van der Waals surface area (Å²) >= 11 is 0. The number of aliphatic hydroxyl groups excluding tert-OH is 2. The van der Waals surface area contributed by atoms with Crippen molar-refractivity contribution in [1.82, 2.24) is 4.90 Å². The molecule has 0 bridgehead atoms. The molecule has 310 valence electrons. The minimum Gasteiger partial charge on any atom is -0.459 e. The Balaban J connectivity index is 1.54. The molecule has 6 unspecified atom stereocenters. The van der Waals surface area contributed by atoms with Crippen LogP contribution in [0, 0.1) is 17.8 Å². The second kappa shape index (κ2) is 19.2. The van der Waals surface area contributed by atoms with Gasteiger partial charge in [-0.05, 0) is 99.8 Å². The number of ether oxygens (including phenoxy) is 4. The van der Waals surface area contributed by atoms with Gasteiger partial charge in [0.15, 0.2) is 0 Å². The van der Waals surface area contributed by atoms with Crippen LogP contribution in [0.4, 0.5) is 4.79 Å². The lowest BCUT2D eigenvalue weighted by Gasteiger charge is -2.59. The molecule has 0 radical (unpaired) electrons. The number of aldehydes is 1. The standard InChI is InChI=1S/C47H58N2O9/c1-6-25-55-47-42(49(5)45(53)54-31-32-15-8-7-9-16-32)29-40(48-58-46(2,3)4)38-27-34(18-10-12-23-50)37(20-11-13-24-51)43(44(38)47)39-28-36(21-22-41(39)57-47)56-35-19-14-17-33(26-35)30-52/h6-9,14-17,19,21-22,26-28,30,34,37,42-44,50-51H,1,10-13,18,20,23-25,29,31H2,2-5H3. The third kappa shape index (κ3) is 9.65. The fraction of sp³-hybridized carbons (Fsp3) is 0.468. The van der Waals surface area contributed by atoms with Gasteiger partial charge in [-0.2, -0.15) is 0 Å². The predicted octanol–water partition coefficient (Wildman–Crippen LogP) is 8.99. The van der Waals surface area contributed by atoms with Crippen molar-refractivity contribution in [3.05, 3.63) is 114 Å². The van der Waals surface area contributed by atoms with E-state index in [1.807, 2.05) is 75.4 Å². The highest BCUT2D eigenvalue weighted by atomic mass is 16.7. The highest BCUT2D eigenvalue weighted by Gasteiger charge is 2.65. The van der Waals surface area contributed by atoms with Crippen molar-refractivity contribution >= 4 is 18.1 Å². The Labute approximate surface area is 342 Å². The first kappa shape index (κ1) is 42.6. The van der Waals surface area contributed by atoms with Crippen LogP contribution >= 0.6 is 0 Å². The first-order valence-electron chi connectivity index (χ1n) is 20.4. The molecule has 3 aromatic rings. The predicted molar refractivity (Wildman–Crippen MR) is 222 cm³/mol. The minimum atomic E-state index is -1.41. The zero-order chi connectivity index (χ0) is 41.3. The Bertz CT molecular complexity index is 1940. The maximum absolute atomic E-state index is 14.1. The van der Waals surface area contributed by atoms with Crippen molar-refractivity contribution in [2.24, 2.45) is 22.9 Å². The number of benzene rings is 3. The summed E-state index contributed by atoms with van der Waals surface area (Å²) in [4.78, 5) is 33.5. The number of unbranched alkanes of at least 4 members (excludes halogenated alkanes) is 2. The van der Waals surface area contributed by atoms with E-state index in [-0.39, 0.29) is 50.6 Å². The third-order valence-electron chi connectivity index (χ3n) is 11.3. The molecule has 0 spiro atoms. The monoisotopic (exact) mass is 794 g/mol. The number of fused-ring (bicyclic) bond motifs is 2. The van der Waals surface area contributed by atoms with E-state index in [1.54, 1.807) is 36.2 Å². The molecule has 6 atom stereocenters. The Morgan fingerprint density at radius 2 is 1.72 bits per heavy atom. The Morgan fingerprint density at radius 3 is 2.43 bits per heavy atom. The van der Waals surface area contributed by atoms with Gasteiger partial charge in [-0.15, -0.1) is 6.58 Å². The van der Waals surface area contributed by atoms with E-state index in [9.17, 15) is 19.8 Å². The maximum Gasteiger partial charge on any atom is 0.410 e. The van der Waals surface area contributed by atoms with Gasteiger partial charge >= 0.3 is 6.09 Å². The molecule has 0 aromatic heterocycles. The summed E-state index contributed by atoms with van der Waals surface area (Å²) in [6, 6.07) is 21.6. The summed E-state index contributed by atoms with van der Waals surface area (Å²) in [6.45, 7) is 10.2. The Morgan fingerprint density at radius 1 is 0.983 bits per heavy atom. The molecule has 11 nitrogen and oxygen atoms in total. The average molecular weight is 795 g/mol. The van der Waals surface area contributed by atoms with Crippen molar-refractivity contribution in [3.63, 3.8) is 0 Å². The van der Waals surface area contributed by atoms with Crippen LogP contribution in [0.3, 0.4) is 0 Å². The lowest BCUT2D eigenvalue weighted by Crippen LogP contribution is -2.69. The molecular formula is C47H58N2O9. The van der Waals surface area contributed by atoms with Gasteiger partial charge in [-0.1, -0.05) is 72.6 Å². The molecule has 0 saturated heterocycles. The second-order valence-corrected chi connectivity index (χ2v) is 16.4. The number of hydrogen-bond donors (Lipinski definition) is 2. The fourth-order valence-electron chi connectivity index (χ4n) is 8.72. The van der Waals surface area contributed by atoms with Gasteiger partial charge < -0.3 is 38.9 Å². The molecule has 1 aliphatic heterocycles. The van der Waals surface area contributed by atoms with Crippen molar-refractivity contribution in [2.75, 3.05) is 26.9 Å². The van der Waals surface area contributed by atoms with Crippen LogP contribution in [0.2, 0.25) is 0 Å². The molecule has 3 aromatic carbocycles. The fourth-order valence-corrected chi connectivity index (χ4v) is 8.72. The quantitative estimate of drug-likeness (QED) is 0.0560. The van der Waals surface area contributed by atoms with Gasteiger partial charge in [0.2, 0.25) is 5.79 Å². The molecule has 3 aliphatic rings. The third-order valence-corrected chi connectivity index (χ3v) is 11.3. The van der Waals surface area contributed by atoms with Crippen LogP contribution in [-0.4, -0.2) is 77.5 Å². The molecule has 1 heterocycles. The number of amides is 1. The van der Waals surface area contributed by atoms with E-state index in [4.69, 9.17) is 28.9 Å². The van der Waals surface area contributed by atoms with E-state index in [1.165, 1.54) is 0 Å². The van der Waals surface area contributed by atoms with Crippen LogP contribution in [0.5, 0.6) is 17.2 Å². The van der Waals surface area contributed by atoms with Gasteiger partial charge in [0.1, 0.15) is 41.8 Å². The Hall–Kier alpha value is -4.97. The molecule has 2 aliphatic carbocycles. The molecule has 1 amide bonds. The number of rotatable bonds is 18. The molecule has 2 N–H and O–H groups in total. The van der Waals surface area contributed by atoms with Crippen molar-refractivity contribution in [2.45, 2.75) is 95.7 Å². The van der Waals surface area contributed by atoms with Gasteiger partial charge in [-0.3, -0.25) is 4.79 Å². The summed E-state index contributed by atoms with van der Waals surface area (Å²) in [5.74, 6) is -0.304. The zero-order valence-corrected chi connectivity index (χ0v) is 34.2. The summed E-state index contributed by atoms with van der Waals surface area (Å²) in [5, 5.41) is 24.6. The second-order valence-electron chi connectivity index (χ2n) is 16.4. The van der Waals surface area contributed by atoms with E-state index in [0.29, 0.717) is 41.4 Å². The SMILES string of the molecule is C=CCOC12Oc3ccc(Oc4cccc(C=O)c4)cc3C3C(CCCCO)C(CCCCO)C=C(C(=NOC(C)(C)C)CC1N(C)C(=O)OCc1ccccc1)C32. The van der Waals surface area contributed by atoms with Crippen LogP contribution in [-0.2, 0) is 20.9 Å². The van der Waals surface area contributed by atoms with E-state index in [0.717, 1.165) is 48.7 Å². The summed E-state index contributed by atoms with van der Waals surface area (Å²) in [7, 11) is 1.71. The Kier molecular flexibility index (Phi) is 14.1. The first-order valence-corrected chi connectivity index (χ1v) is 20.4. The molecule has 6 rings (SSSR count). The number of hydrogen-bond acceptors (Lipinski definition) is 10. The van der Waals surface area contributed by atoms with Crippen molar-refractivity contribution in [3.8, 4) is 17.2 Å². The number of carbonyl (C=O) groups is 2. The van der Waals surface area contributed by atoms with E-state index in [2.05, 4.69) is 12.7 Å². The highest BCUT2D eigenvalue weighted by Crippen LogP contribution is 2.62. The van der Waals surface area contributed by atoms with E-state index >= 15 is 0 Å².